The molecule has 26 heavy (non-hydrogen) atoms. The smallest absolute Gasteiger partial charge is 0.416 e. The summed E-state index contributed by atoms with van der Waals surface area (Å²) >= 11 is 0. The van der Waals surface area contributed by atoms with Gasteiger partial charge in [0, 0.05) is 24.3 Å². The third kappa shape index (κ3) is 4.56. The topological polar surface area (TPSA) is 47.6 Å². The van der Waals surface area contributed by atoms with Crippen LogP contribution in [0.3, 0.4) is 0 Å². The summed E-state index contributed by atoms with van der Waals surface area (Å²) < 4.78 is 49.1. The Kier molecular flexibility index (Phi) is 5.16. The van der Waals surface area contributed by atoms with Crippen molar-refractivity contribution in [2.45, 2.75) is 12.6 Å². The third-order valence-corrected chi connectivity index (χ3v) is 3.66. The van der Waals surface area contributed by atoms with Crippen LogP contribution in [0.4, 0.5) is 18.9 Å². The molecule has 3 rings (SSSR count). The molecule has 0 saturated carbocycles. The van der Waals surface area contributed by atoms with E-state index in [1.54, 1.807) is 18.2 Å². The van der Waals surface area contributed by atoms with E-state index in [9.17, 15) is 18.0 Å². The molecule has 1 amide bonds. The summed E-state index contributed by atoms with van der Waals surface area (Å²) in [5, 5.41) is 2.64. The number of benzene rings is 2. The van der Waals surface area contributed by atoms with Crippen LogP contribution in [0.2, 0.25) is 0 Å². The molecule has 1 aliphatic rings. The van der Waals surface area contributed by atoms with E-state index in [4.69, 9.17) is 9.47 Å². The van der Waals surface area contributed by atoms with Crippen LogP contribution in [-0.2, 0) is 11.0 Å². The van der Waals surface area contributed by atoms with Gasteiger partial charge in [0.25, 0.3) is 0 Å². The molecule has 0 aliphatic carbocycles. The zero-order valence-electron chi connectivity index (χ0n) is 13.7. The van der Waals surface area contributed by atoms with Gasteiger partial charge in [0.15, 0.2) is 11.5 Å². The van der Waals surface area contributed by atoms with Gasteiger partial charge in [-0.05, 0) is 35.9 Å². The van der Waals surface area contributed by atoms with Crippen LogP contribution < -0.4 is 14.8 Å². The first-order valence-corrected chi connectivity index (χ1v) is 7.98. The van der Waals surface area contributed by atoms with Gasteiger partial charge in [-0.15, -0.1) is 0 Å². The van der Waals surface area contributed by atoms with Gasteiger partial charge in [-0.1, -0.05) is 12.1 Å². The normalized spacial score (nSPS) is 14.1. The number of hydrogen-bond acceptors (Lipinski definition) is 3. The number of ether oxygens (including phenoxy) is 2. The summed E-state index contributed by atoms with van der Waals surface area (Å²) in [7, 11) is 0. The lowest BCUT2D eigenvalue weighted by Gasteiger charge is -2.09. The van der Waals surface area contributed by atoms with E-state index in [2.05, 4.69) is 5.32 Å². The number of alkyl halides is 3. The standard InChI is InChI=1S/C19H16F3NO3/c20-19(21,22)14-4-1-3-13(11-14)5-8-18(24)23-15-6-7-16-17(12-15)26-10-2-9-25-16/h1,3-8,11-12H,2,9-10H2,(H,23,24)/b8-5+. The van der Waals surface area contributed by atoms with Gasteiger partial charge in [-0.25, -0.2) is 0 Å². The third-order valence-electron chi connectivity index (χ3n) is 3.66. The summed E-state index contributed by atoms with van der Waals surface area (Å²) in [5.41, 5.74) is 0.0320. The zero-order valence-corrected chi connectivity index (χ0v) is 13.7. The SMILES string of the molecule is O=C(/C=C/c1cccc(C(F)(F)F)c1)Nc1ccc2c(c1)OCCCO2. The molecule has 7 heteroatoms. The molecule has 136 valence electrons. The molecule has 1 aliphatic heterocycles. The Hall–Kier alpha value is -2.96. The minimum atomic E-state index is -4.42. The van der Waals surface area contributed by atoms with Gasteiger partial charge < -0.3 is 14.8 Å². The molecule has 0 atom stereocenters. The van der Waals surface area contributed by atoms with Crippen molar-refractivity contribution in [2.24, 2.45) is 0 Å². The van der Waals surface area contributed by atoms with Crippen LogP contribution in [0.25, 0.3) is 6.08 Å². The van der Waals surface area contributed by atoms with Crippen molar-refractivity contribution >= 4 is 17.7 Å². The maximum Gasteiger partial charge on any atom is 0.416 e. The zero-order chi connectivity index (χ0) is 18.6. The predicted molar refractivity (Wildman–Crippen MR) is 91.2 cm³/mol. The van der Waals surface area contributed by atoms with E-state index in [1.807, 2.05) is 0 Å². The fraction of sp³-hybridized carbons (Fsp3) is 0.211. The molecule has 0 unspecified atom stereocenters. The molecule has 2 aromatic carbocycles. The number of amides is 1. The average Bonchev–Trinajstić information content (AvgIpc) is 2.84. The number of hydrogen-bond donors (Lipinski definition) is 1. The largest absolute Gasteiger partial charge is 0.490 e. The fourth-order valence-corrected chi connectivity index (χ4v) is 2.42. The first-order chi connectivity index (χ1) is 12.4. The van der Waals surface area contributed by atoms with Crippen molar-refractivity contribution in [3.05, 3.63) is 59.7 Å². The number of rotatable bonds is 3. The Bertz CT molecular complexity index is 831. The second-order valence-corrected chi connectivity index (χ2v) is 5.66. The average molecular weight is 363 g/mol. The molecular formula is C19H16F3NO3. The van der Waals surface area contributed by atoms with Gasteiger partial charge >= 0.3 is 6.18 Å². The second kappa shape index (κ2) is 7.51. The van der Waals surface area contributed by atoms with Crippen molar-refractivity contribution in [2.75, 3.05) is 18.5 Å². The molecule has 1 N–H and O–H groups in total. The summed E-state index contributed by atoms with van der Waals surface area (Å²) in [6.45, 7) is 1.10. The Morgan fingerprint density at radius 2 is 1.81 bits per heavy atom. The lowest BCUT2D eigenvalue weighted by atomic mass is 10.1. The van der Waals surface area contributed by atoms with E-state index in [0.29, 0.717) is 30.4 Å². The van der Waals surface area contributed by atoms with Crippen LogP contribution in [0.15, 0.2) is 48.5 Å². The van der Waals surface area contributed by atoms with Gasteiger partial charge in [0.1, 0.15) is 0 Å². The van der Waals surface area contributed by atoms with Gasteiger partial charge in [-0.3, -0.25) is 4.79 Å². The summed E-state index contributed by atoms with van der Waals surface area (Å²) in [6, 6.07) is 9.77. The number of carbonyl (C=O) groups is 1. The molecule has 0 aromatic heterocycles. The fourth-order valence-electron chi connectivity index (χ4n) is 2.42. The highest BCUT2D eigenvalue weighted by Gasteiger charge is 2.30. The summed E-state index contributed by atoms with van der Waals surface area (Å²) in [5.74, 6) is 0.694. The highest BCUT2D eigenvalue weighted by Crippen LogP contribution is 2.32. The molecule has 1 heterocycles. The molecule has 4 nitrogen and oxygen atoms in total. The van der Waals surface area contributed by atoms with E-state index >= 15 is 0 Å². The molecule has 0 fully saturated rings. The first-order valence-electron chi connectivity index (χ1n) is 7.98. The first kappa shape index (κ1) is 17.8. The minimum absolute atomic E-state index is 0.286. The summed E-state index contributed by atoms with van der Waals surface area (Å²) in [6.07, 6.45) is -1.14. The lowest BCUT2D eigenvalue weighted by Crippen LogP contribution is -2.08. The Morgan fingerprint density at radius 3 is 2.58 bits per heavy atom. The predicted octanol–water partition coefficient (Wildman–Crippen LogP) is 4.52. The van der Waals surface area contributed by atoms with Crippen molar-refractivity contribution in [1.82, 2.24) is 0 Å². The van der Waals surface area contributed by atoms with Crippen LogP contribution in [-0.4, -0.2) is 19.1 Å². The molecule has 0 bridgehead atoms. The molecular weight excluding hydrogens is 347 g/mol. The molecule has 0 spiro atoms. The van der Waals surface area contributed by atoms with Crippen molar-refractivity contribution in [1.29, 1.82) is 0 Å². The van der Waals surface area contributed by atoms with Crippen LogP contribution in [0.5, 0.6) is 11.5 Å². The van der Waals surface area contributed by atoms with E-state index in [1.165, 1.54) is 24.3 Å². The monoisotopic (exact) mass is 363 g/mol. The van der Waals surface area contributed by atoms with Gasteiger partial charge in [0.05, 0.1) is 18.8 Å². The number of fused-ring (bicyclic) bond motifs is 1. The Labute approximate surface area is 148 Å². The maximum atomic E-state index is 12.7. The van der Waals surface area contributed by atoms with Crippen molar-refractivity contribution in [3.8, 4) is 11.5 Å². The maximum absolute atomic E-state index is 12.7. The van der Waals surface area contributed by atoms with Gasteiger partial charge in [0.2, 0.25) is 5.91 Å². The number of nitrogens with one attached hydrogen (secondary N) is 1. The lowest BCUT2D eigenvalue weighted by molar-refractivity contribution is -0.137. The Balaban J connectivity index is 1.67. The van der Waals surface area contributed by atoms with E-state index in [-0.39, 0.29) is 5.56 Å². The number of carbonyl (C=O) groups excluding carboxylic acids is 1. The summed E-state index contributed by atoms with van der Waals surface area (Å²) in [4.78, 5) is 12.0. The molecule has 0 saturated heterocycles. The van der Waals surface area contributed by atoms with Crippen LogP contribution in [0.1, 0.15) is 17.5 Å². The van der Waals surface area contributed by atoms with Gasteiger partial charge in [-0.2, -0.15) is 13.2 Å². The van der Waals surface area contributed by atoms with Crippen molar-refractivity contribution < 1.29 is 27.4 Å². The minimum Gasteiger partial charge on any atom is -0.490 e. The highest BCUT2D eigenvalue weighted by molar-refractivity contribution is 6.02. The quantitative estimate of drug-likeness (QED) is 0.816. The second-order valence-electron chi connectivity index (χ2n) is 5.66. The van der Waals surface area contributed by atoms with Crippen LogP contribution in [0, 0.1) is 0 Å². The van der Waals surface area contributed by atoms with E-state index in [0.717, 1.165) is 18.6 Å². The van der Waals surface area contributed by atoms with Crippen LogP contribution >= 0.6 is 0 Å². The molecule has 0 radical (unpaired) electrons. The number of anilines is 1. The highest BCUT2D eigenvalue weighted by atomic mass is 19.4. The Morgan fingerprint density at radius 1 is 1.04 bits per heavy atom. The van der Waals surface area contributed by atoms with Crippen molar-refractivity contribution in [3.63, 3.8) is 0 Å². The van der Waals surface area contributed by atoms with E-state index < -0.39 is 17.6 Å². The molecule has 2 aromatic rings. The number of halogens is 3.